The zero-order valence-electron chi connectivity index (χ0n) is 36.1. The number of benzene rings is 10. The van der Waals surface area contributed by atoms with E-state index in [0.29, 0.717) is 11.3 Å². The summed E-state index contributed by atoms with van der Waals surface area (Å²) in [5, 5.41) is 23.0. The van der Waals surface area contributed by atoms with Crippen molar-refractivity contribution >= 4 is 109 Å². The molecule has 2 heterocycles. The summed E-state index contributed by atoms with van der Waals surface area (Å²) < 4.78 is 0. The Bertz CT molecular complexity index is 3440. The molecule has 0 fully saturated rings. The van der Waals surface area contributed by atoms with Crippen molar-refractivity contribution in [1.29, 1.82) is 5.26 Å². The molecule has 12 rings (SSSR count). The highest BCUT2D eigenvalue weighted by Crippen LogP contribution is 2.48. The van der Waals surface area contributed by atoms with Crippen molar-refractivity contribution in [2.75, 3.05) is 9.80 Å². The van der Waals surface area contributed by atoms with Crippen molar-refractivity contribution in [3.05, 3.63) is 199 Å². The van der Waals surface area contributed by atoms with Crippen LogP contribution in [-0.2, 0) is 0 Å². The summed E-state index contributed by atoms with van der Waals surface area (Å²) in [6.07, 6.45) is 0. The number of nitrogens with zero attached hydrogens (tertiary/aromatic N) is 4. The molecule has 2 aliphatic rings. The smallest absolute Gasteiger partial charge is 0.189 e. The predicted octanol–water partition coefficient (Wildman–Crippen LogP) is 13.6. The second-order valence-corrected chi connectivity index (χ2v) is 27.0. The standard InChI is InChI=1S/C58H42N4Si2/c1-60-40-13-11-15-42(33-40)62(44-25-29-48-46-17-7-9-19-54(46)64(4,5)56(48)35-44)52-31-23-39-20-26-49-51(30-22-38-21-27-50(52)58(39)57(38)49)61(41-14-10-12-37(32-41)36-59)43-24-28-47-45-16-6-8-18-53(45)63(2,3)55(47)34-43/h6-35H,2-5H3. The Morgan fingerprint density at radius 2 is 0.891 bits per heavy atom. The van der Waals surface area contributed by atoms with Crippen LogP contribution >= 0.6 is 0 Å². The molecule has 64 heavy (non-hydrogen) atoms. The van der Waals surface area contributed by atoms with Gasteiger partial charge in [0.15, 0.2) is 5.69 Å². The van der Waals surface area contributed by atoms with Crippen LogP contribution in [0, 0.1) is 17.9 Å². The zero-order valence-corrected chi connectivity index (χ0v) is 38.1. The maximum Gasteiger partial charge on any atom is 0.189 e. The number of hydrogen-bond donors (Lipinski definition) is 0. The Morgan fingerprint density at radius 1 is 0.438 bits per heavy atom. The summed E-state index contributed by atoms with van der Waals surface area (Å²) in [6, 6.07) is 68.4. The van der Waals surface area contributed by atoms with Gasteiger partial charge >= 0.3 is 0 Å². The Kier molecular flexibility index (Phi) is 8.23. The average Bonchev–Trinajstić information content (AvgIpc) is 3.70. The van der Waals surface area contributed by atoms with Crippen LogP contribution in [0.25, 0.3) is 59.4 Å². The minimum atomic E-state index is -1.99. The summed E-state index contributed by atoms with van der Waals surface area (Å²) >= 11 is 0. The molecule has 0 unspecified atom stereocenters. The minimum absolute atomic E-state index is 0.607. The van der Waals surface area contributed by atoms with Crippen molar-refractivity contribution in [2.45, 2.75) is 26.2 Å². The largest absolute Gasteiger partial charge is 0.311 e. The van der Waals surface area contributed by atoms with E-state index in [1.807, 2.05) is 36.4 Å². The topological polar surface area (TPSA) is 34.6 Å². The molecule has 0 radical (unpaired) electrons. The second-order valence-electron chi connectivity index (χ2n) is 18.4. The fourth-order valence-corrected chi connectivity index (χ4v) is 17.3. The first-order valence-electron chi connectivity index (χ1n) is 21.9. The lowest BCUT2D eigenvalue weighted by molar-refractivity contribution is 1.30. The van der Waals surface area contributed by atoms with E-state index >= 15 is 0 Å². The maximum atomic E-state index is 10.1. The first-order chi connectivity index (χ1) is 31.1. The Labute approximate surface area is 375 Å². The van der Waals surface area contributed by atoms with Crippen molar-refractivity contribution in [3.63, 3.8) is 0 Å². The molecule has 0 atom stereocenters. The van der Waals surface area contributed by atoms with Gasteiger partial charge < -0.3 is 9.80 Å². The molecule has 0 amide bonds. The summed E-state index contributed by atoms with van der Waals surface area (Å²) in [5.74, 6) is 0. The highest BCUT2D eigenvalue weighted by atomic mass is 28.3. The van der Waals surface area contributed by atoms with Gasteiger partial charge in [0.05, 0.1) is 29.6 Å². The molecule has 6 heteroatoms. The van der Waals surface area contributed by atoms with Crippen LogP contribution in [0.5, 0.6) is 0 Å². The van der Waals surface area contributed by atoms with Gasteiger partial charge in [-0.05, 0) is 131 Å². The van der Waals surface area contributed by atoms with Gasteiger partial charge in [-0.3, -0.25) is 0 Å². The van der Waals surface area contributed by atoms with E-state index in [-0.39, 0.29) is 0 Å². The molecule has 0 saturated heterocycles. The average molecular weight is 851 g/mol. The Balaban J connectivity index is 1.09. The Hall–Kier alpha value is -7.75. The van der Waals surface area contributed by atoms with E-state index < -0.39 is 16.1 Å². The van der Waals surface area contributed by atoms with Crippen LogP contribution in [0.3, 0.4) is 0 Å². The van der Waals surface area contributed by atoms with Crippen molar-refractivity contribution in [1.82, 2.24) is 0 Å². The predicted molar refractivity (Wildman–Crippen MR) is 275 cm³/mol. The molecule has 0 saturated carbocycles. The summed E-state index contributed by atoms with van der Waals surface area (Å²) in [6.45, 7) is 17.8. The quantitative estimate of drug-likeness (QED) is 0.0950. The molecule has 302 valence electrons. The summed E-state index contributed by atoms with van der Waals surface area (Å²) in [5.41, 5.74) is 12.8. The molecule has 0 aromatic heterocycles. The highest BCUT2D eigenvalue weighted by molar-refractivity contribution is 7.04. The van der Waals surface area contributed by atoms with Gasteiger partial charge in [-0.1, -0.05) is 141 Å². The lowest BCUT2D eigenvalue weighted by Gasteiger charge is -2.30. The van der Waals surface area contributed by atoms with Gasteiger partial charge in [-0.15, -0.1) is 0 Å². The Morgan fingerprint density at radius 3 is 1.41 bits per heavy atom. The van der Waals surface area contributed by atoms with Crippen molar-refractivity contribution in [2.24, 2.45) is 0 Å². The molecule has 10 aromatic rings. The lowest BCUT2D eigenvalue weighted by atomic mass is 9.91. The summed E-state index contributed by atoms with van der Waals surface area (Å²) in [7, 11) is -3.98. The van der Waals surface area contributed by atoms with E-state index in [1.165, 1.54) is 64.5 Å². The number of hydrogen-bond acceptors (Lipinski definition) is 3. The van der Waals surface area contributed by atoms with Crippen LogP contribution < -0.4 is 30.5 Å². The van der Waals surface area contributed by atoms with Gasteiger partial charge in [0.1, 0.15) is 16.1 Å². The van der Waals surface area contributed by atoms with Crippen LogP contribution in [0.4, 0.5) is 39.8 Å². The van der Waals surface area contributed by atoms with E-state index in [1.54, 1.807) is 0 Å². The van der Waals surface area contributed by atoms with Gasteiger partial charge in [0.25, 0.3) is 0 Å². The minimum Gasteiger partial charge on any atom is -0.311 e. The fourth-order valence-electron chi connectivity index (χ4n) is 11.1. The van der Waals surface area contributed by atoms with Crippen molar-refractivity contribution < 1.29 is 0 Å². The van der Waals surface area contributed by atoms with Crippen LogP contribution in [0.1, 0.15) is 5.56 Å². The van der Waals surface area contributed by atoms with Gasteiger partial charge in [0.2, 0.25) is 0 Å². The molecule has 0 aliphatic carbocycles. The number of fused-ring (bicyclic) bond motifs is 6. The second kappa shape index (κ2) is 13.9. The molecular formula is C58H42N4Si2. The SMILES string of the molecule is [C-]#[N+]c1cccc(N(c2ccc3c(c2)[Si](C)(C)c2ccccc2-3)c2ccc3ccc4c(N(c5cccc(C#N)c5)c5ccc6c(c5)[Si](C)(C)c5ccccc5-6)ccc5ccc2c3c54)c1. The first kappa shape index (κ1) is 38.0. The van der Waals surface area contributed by atoms with Gasteiger partial charge in [-0.25, -0.2) is 4.85 Å². The van der Waals surface area contributed by atoms with Crippen LogP contribution in [0.2, 0.25) is 26.2 Å². The number of anilines is 6. The van der Waals surface area contributed by atoms with Crippen LogP contribution in [0.15, 0.2) is 182 Å². The monoisotopic (exact) mass is 850 g/mol. The third kappa shape index (κ3) is 5.44. The lowest BCUT2D eigenvalue weighted by Crippen LogP contribution is -2.49. The van der Waals surface area contributed by atoms with Gasteiger partial charge in [0, 0.05) is 33.5 Å². The van der Waals surface area contributed by atoms with Crippen molar-refractivity contribution in [3.8, 4) is 28.3 Å². The normalized spacial score (nSPS) is 13.8. The summed E-state index contributed by atoms with van der Waals surface area (Å²) in [4.78, 5) is 8.60. The molecule has 2 aliphatic heterocycles. The molecule has 0 N–H and O–H groups in total. The third-order valence-electron chi connectivity index (χ3n) is 14.2. The van der Waals surface area contributed by atoms with Crippen LogP contribution in [-0.4, -0.2) is 16.1 Å². The molecule has 10 aromatic carbocycles. The molecule has 0 spiro atoms. The van der Waals surface area contributed by atoms with Gasteiger partial charge in [-0.2, -0.15) is 5.26 Å². The van der Waals surface area contributed by atoms with E-state index in [0.717, 1.165) is 44.9 Å². The molecule has 0 bridgehead atoms. The molecular weight excluding hydrogens is 809 g/mol. The third-order valence-corrected chi connectivity index (χ3v) is 21.3. The van der Waals surface area contributed by atoms with E-state index in [2.05, 4.69) is 192 Å². The first-order valence-corrected chi connectivity index (χ1v) is 27.9. The number of rotatable bonds is 6. The maximum absolute atomic E-state index is 10.1. The fraction of sp³-hybridized carbons (Fsp3) is 0.0690. The number of nitriles is 1. The molecule has 4 nitrogen and oxygen atoms in total. The van der Waals surface area contributed by atoms with E-state index in [4.69, 9.17) is 6.57 Å². The zero-order chi connectivity index (χ0) is 43.5. The highest BCUT2D eigenvalue weighted by Gasteiger charge is 2.39. The van der Waals surface area contributed by atoms with E-state index in [9.17, 15) is 5.26 Å².